The molecule has 0 radical (unpaired) electrons. The Morgan fingerprint density at radius 1 is 1.19 bits per heavy atom. The fourth-order valence-electron chi connectivity index (χ4n) is 1.98. The van der Waals surface area contributed by atoms with Crippen LogP contribution in [0.15, 0.2) is 24.3 Å². The van der Waals surface area contributed by atoms with Gasteiger partial charge in [-0.2, -0.15) is 0 Å². The van der Waals surface area contributed by atoms with Crippen molar-refractivity contribution in [1.29, 1.82) is 0 Å². The molecule has 1 aromatic carbocycles. The average Bonchev–Trinajstić information content (AvgIpc) is 2.46. The van der Waals surface area contributed by atoms with Crippen molar-refractivity contribution in [3.05, 3.63) is 29.8 Å². The first-order chi connectivity index (χ1) is 9.97. The number of amides is 3. The maximum absolute atomic E-state index is 12.0. The van der Waals surface area contributed by atoms with Gasteiger partial charge in [0.05, 0.1) is 0 Å². The Hall–Kier alpha value is -2.04. The van der Waals surface area contributed by atoms with E-state index in [0.29, 0.717) is 6.54 Å². The average molecular weight is 291 g/mol. The standard InChI is InChI=1S/C16H25N3O2/c1-5-14(6-2)17-16(21)18-15-10-8-7-9-13(15)11-19(4)12(3)20/h7-10,14H,5-6,11H2,1-4H3,(H2,17,18,21). The third kappa shape index (κ3) is 5.45. The topological polar surface area (TPSA) is 61.4 Å². The van der Waals surface area contributed by atoms with E-state index in [2.05, 4.69) is 10.6 Å². The molecular weight excluding hydrogens is 266 g/mol. The molecule has 0 saturated heterocycles. The van der Waals surface area contributed by atoms with Gasteiger partial charge in [-0.1, -0.05) is 32.0 Å². The number of nitrogens with zero attached hydrogens (tertiary/aromatic N) is 1. The van der Waals surface area contributed by atoms with Gasteiger partial charge in [0.25, 0.3) is 0 Å². The van der Waals surface area contributed by atoms with Crippen molar-refractivity contribution in [2.75, 3.05) is 12.4 Å². The Morgan fingerprint density at radius 3 is 2.38 bits per heavy atom. The van der Waals surface area contributed by atoms with E-state index in [0.717, 1.165) is 24.1 Å². The van der Waals surface area contributed by atoms with Crippen molar-refractivity contribution in [3.63, 3.8) is 0 Å². The first-order valence-corrected chi connectivity index (χ1v) is 7.35. The van der Waals surface area contributed by atoms with Crippen molar-refractivity contribution in [2.24, 2.45) is 0 Å². The van der Waals surface area contributed by atoms with E-state index in [1.54, 1.807) is 11.9 Å². The van der Waals surface area contributed by atoms with E-state index in [1.165, 1.54) is 6.92 Å². The molecule has 1 aromatic rings. The summed E-state index contributed by atoms with van der Waals surface area (Å²) in [5.74, 6) is -0.00807. The van der Waals surface area contributed by atoms with Crippen molar-refractivity contribution in [2.45, 2.75) is 46.2 Å². The number of urea groups is 1. The van der Waals surface area contributed by atoms with Crippen LogP contribution in [0.5, 0.6) is 0 Å². The maximum atomic E-state index is 12.0. The summed E-state index contributed by atoms with van der Waals surface area (Å²) in [5, 5.41) is 5.80. The van der Waals surface area contributed by atoms with Crippen molar-refractivity contribution in [1.82, 2.24) is 10.2 Å². The molecule has 3 amide bonds. The molecule has 0 atom stereocenters. The normalized spacial score (nSPS) is 10.3. The highest BCUT2D eigenvalue weighted by Gasteiger charge is 2.12. The molecule has 0 saturated carbocycles. The van der Waals surface area contributed by atoms with Gasteiger partial charge in [0.2, 0.25) is 5.91 Å². The van der Waals surface area contributed by atoms with Gasteiger partial charge >= 0.3 is 6.03 Å². The molecule has 0 bridgehead atoms. The minimum Gasteiger partial charge on any atom is -0.342 e. The fourth-order valence-corrected chi connectivity index (χ4v) is 1.98. The number of para-hydroxylation sites is 1. The summed E-state index contributed by atoms with van der Waals surface area (Å²) in [6, 6.07) is 7.48. The highest BCUT2D eigenvalue weighted by atomic mass is 16.2. The van der Waals surface area contributed by atoms with Gasteiger partial charge in [0.15, 0.2) is 0 Å². The molecule has 5 heteroatoms. The second-order valence-electron chi connectivity index (χ2n) is 5.14. The number of rotatable bonds is 6. The van der Waals surface area contributed by atoms with Crippen LogP contribution in [-0.2, 0) is 11.3 Å². The fraction of sp³-hybridized carbons (Fsp3) is 0.500. The zero-order valence-corrected chi connectivity index (χ0v) is 13.3. The summed E-state index contributed by atoms with van der Waals surface area (Å²) in [4.78, 5) is 25.0. The van der Waals surface area contributed by atoms with E-state index < -0.39 is 0 Å². The Balaban J connectivity index is 2.74. The van der Waals surface area contributed by atoms with E-state index in [9.17, 15) is 9.59 Å². The van der Waals surface area contributed by atoms with Gasteiger partial charge < -0.3 is 15.5 Å². The van der Waals surface area contributed by atoms with E-state index >= 15 is 0 Å². The van der Waals surface area contributed by atoms with Crippen LogP contribution in [0.4, 0.5) is 10.5 Å². The highest BCUT2D eigenvalue weighted by Crippen LogP contribution is 2.17. The van der Waals surface area contributed by atoms with Gasteiger partial charge in [-0.3, -0.25) is 4.79 Å². The second kappa shape index (κ2) is 8.29. The van der Waals surface area contributed by atoms with E-state index in [-0.39, 0.29) is 18.0 Å². The minimum absolute atomic E-state index is 0.00807. The molecule has 116 valence electrons. The van der Waals surface area contributed by atoms with Crippen molar-refractivity contribution >= 4 is 17.6 Å². The first kappa shape index (κ1) is 17.0. The number of carbonyl (C=O) groups excluding carboxylic acids is 2. The molecule has 0 fully saturated rings. The highest BCUT2D eigenvalue weighted by molar-refractivity contribution is 5.90. The molecule has 0 aliphatic rings. The van der Waals surface area contributed by atoms with E-state index in [4.69, 9.17) is 0 Å². The number of carbonyl (C=O) groups is 2. The third-order valence-electron chi connectivity index (χ3n) is 3.53. The lowest BCUT2D eigenvalue weighted by Gasteiger charge is -2.19. The lowest BCUT2D eigenvalue weighted by molar-refractivity contribution is -0.128. The molecule has 0 aromatic heterocycles. The number of nitrogens with one attached hydrogen (secondary N) is 2. The molecule has 2 N–H and O–H groups in total. The molecule has 1 rings (SSSR count). The molecule has 0 aliphatic carbocycles. The summed E-state index contributed by atoms with van der Waals surface area (Å²) < 4.78 is 0. The van der Waals surface area contributed by atoms with Gasteiger partial charge in [-0.25, -0.2) is 4.79 Å². The van der Waals surface area contributed by atoms with Crippen LogP contribution in [0, 0.1) is 0 Å². The summed E-state index contributed by atoms with van der Waals surface area (Å²) in [5.41, 5.74) is 1.64. The number of benzene rings is 1. The van der Waals surface area contributed by atoms with Crippen LogP contribution in [-0.4, -0.2) is 29.9 Å². The zero-order valence-electron chi connectivity index (χ0n) is 13.3. The van der Waals surface area contributed by atoms with Crippen LogP contribution in [0.1, 0.15) is 39.2 Å². The zero-order chi connectivity index (χ0) is 15.8. The largest absolute Gasteiger partial charge is 0.342 e. The molecule has 5 nitrogen and oxygen atoms in total. The number of anilines is 1. The monoisotopic (exact) mass is 291 g/mol. The summed E-state index contributed by atoms with van der Waals surface area (Å²) >= 11 is 0. The molecular formula is C16H25N3O2. The predicted molar refractivity (Wildman–Crippen MR) is 85.1 cm³/mol. The molecule has 0 heterocycles. The minimum atomic E-state index is -0.207. The molecule has 0 spiro atoms. The Bertz CT molecular complexity index is 484. The van der Waals surface area contributed by atoms with Crippen LogP contribution >= 0.6 is 0 Å². The van der Waals surface area contributed by atoms with Crippen LogP contribution < -0.4 is 10.6 Å². The van der Waals surface area contributed by atoms with Crippen molar-refractivity contribution in [3.8, 4) is 0 Å². The molecule has 0 unspecified atom stereocenters. The summed E-state index contributed by atoms with van der Waals surface area (Å²) in [6.45, 7) is 6.08. The maximum Gasteiger partial charge on any atom is 0.319 e. The number of hydrogen-bond acceptors (Lipinski definition) is 2. The lowest BCUT2D eigenvalue weighted by atomic mass is 10.1. The Labute approximate surface area is 126 Å². The van der Waals surface area contributed by atoms with Gasteiger partial charge in [-0.05, 0) is 24.5 Å². The van der Waals surface area contributed by atoms with Crippen LogP contribution in [0.2, 0.25) is 0 Å². The van der Waals surface area contributed by atoms with Crippen LogP contribution in [0.3, 0.4) is 0 Å². The SMILES string of the molecule is CCC(CC)NC(=O)Nc1ccccc1CN(C)C(C)=O. The number of hydrogen-bond donors (Lipinski definition) is 2. The summed E-state index contributed by atoms with van der Waals surface area (Å²) in [6.07, 6.45) is 1.80. The van der Waals surface area contributed by atoms with Crippen molar-refractivity contribution < 1.29 is 9.59 Å². The lowest BCUT2D eigenvalue weighted by Crippen LogP contribution is -2.37. The Kier molecular flexibility index (Phi) is 6.72. The second-order valence-corrected chi connectivity index (χ2v) is 5.14. The van der Waals surface area contributed by atoms with Gasteiger partial charge in [0, 0.05) is 32.2 Å². The van der Waals surface area contributed by atoms with E-state index in [1.807, 2.05) is 38.1 Å². The Morgan fingerprint density at radius 2 is 1.81 bits per heavy atom. The third-order valence-corrected chi connectivity index (χ3v) is 3.53. The molecule has 0 aliphatic heterocycles. The van der Waals surface area contributed by atoms with Gasteiger partial charge in [0.1, 0.15) is 0 Å². The molecule has 21 heavy (non-hydrogen) atoms. The summed E-state index contributed by atoms with van der Waals surface area (Å²) in [7, 11) is 1.74. The van der Waals surface area contributed by atoms with Crippen LogP contribution in [0.25, 0.3) is 0 Å². The van der Waals surface area contributed by atoms with Gasteiger partial charge in [-0.15, -0.1) is 0 Å². The quantitative estimate of drug-likeness (QED) is 0.846. The smallest absolute Gasteiger partial charge is 0.319 e. The predicted octanol–water partition coefficient (Wildman–Crippen LogP) is 2.98. The first-order valence-electron chi connectivity index (χ1n) is 7.35.